The first-order chi connectivity index (χ1) is 10.2. The normalized spacial score (nSPS) is 13.8. The molecule has 17 heteroatoms. The van der Waals surface area contributed by atoms with Gasteiger partial charge < -0.3 is 24.1 Å². The van der Waals surface area contributed by atoms with Crippen molar-refractivity contribution in [2.75, 3.05) is 6.61 Å². The molecule has 0 bridgehead atoms. The molecule has 0 radical (unpaired) electrons. The maximum atomic E-state index is 10.7. The summed E-state index contributed by atoms with van der Waals surface area (Å²) >= 11 is 0. The maximum Gasteiger partial charge on any atom is 0.295 e. The fourth-order valence-corrected chi connectivity index (χ4v) is 1.13. The molecule has 0 aliphatic carbocycles. The van der Waals surface area contributed by atoms with Gasteiger partial charge in [-0.15, -0.1) is 40.5 Å². The van der Waals surface area contributed by atoms with Gasteiger partial charge >= 0.3 is 0 Å². The summed E-state index contributed by atoms with van der Waals surface area (Å²) in [4.78, 5) is 66.5. The van der Waals surface area contributed by atoms with E-state index in [9.17, 15) is 45.3 Å². The third-order valence-electron chi connectivity index (χ3n) is 1.81. The number of hydrogen-bond acceptors (Lipinski definition) is 13. The van der Waals surface area contributed by atoms with Gasteiger partial charge in [-0.25, -0.2) is 0 Å². The smallest absolute Gasteiger partial charge is 0.295 e. The van der Waals surface area contributed by atoms with E-state index in [0.717, 1.165) is 0 Å². The quantitative estimate of drug-likeness (QED) is 0.217. The Morgan fingerprint density at radius 1 is 0.818 bits per heavy atom. The summed E-state index contributed by atoms with van der Waals surface area (Å²) in [5.74, 6) is 0. The Morgan fingerprint density at radius 3 is 1.68 bits per heavy atom. The van der Waals surface area contributed by atoms with Gasteiger partial charge in [0.2, 0.25) is 0 Å². The number of aldehydes is 1. The van der Waals surface area contributed by atoms with Crippen molar-refractivity contribution < 1.29 is 44.5 Å². The first-order valence-electron chi connectivity index (χ1n) is 4.83. The molecular formula is C5H6N4O13. The van der Waals surface area contributed by atoms with Crippen LogP contribution in [0.3, 0.4) is 0 Å². The second kappa shape index (κ2) is 8.60. The lowest BCUT2D eigenvalue weighted by atomic mass is 10.1. The van der Waals surface area contributed by atoms with Crippen LogP contribution in [0.5, 0.6) is 0 Å². The van der Waals surface area contributed by atoms with Crippen LogP contribution in [-0.4, -0.2) is 51.6 Å². The zero-order valence-electron chi connectivity index (χ0n) is 10.1. The molecule has 0 aromatic carbocycles. The lowest BCUT2D eigenvalue weighted by Crippen LogP contribution is -2.48. The Hall–Kier alpha value is -3.53. The topological polar surface area (TPSA) is 227 Å². The summed E-state index contributed by atoms with van der Waals surface area (Å²) < 4.78 is 0. The summed E-state index contributed by atoms with van der Waals surface area (Å²) in [7, 11) is 0. The molecule has 0 aliphatic heterocycles. The highest BCUT2D eigenvalue weighted by Crippen LogP contribution is 2.13. The molecule has 0 aliphatic rings. The van der Waals surface area contributed by atoms with E-state index < -0.39 is 45.3 Å². The molecule has 3 atom stereocenters. The zero-order valence-corrected chi connectivity index (χ0v) is 10.1. The van der Waals surface area contributed by atoms with Gasteiger partial charge in [0.05, 0.1) is 0 Å². The van der Waals surface area contributed by atoms with Crippen LogP contribution in [0.1, 0.15) is 0 Å². The van der Waals surface area contributed by atoms with Crippen molar-refractivity contribution in [2.45, 2.75) is 18.3 Å². The van der Waals surface area contributed by atoms with Crippen LogP contribution in [0, 0.1) is 40.5 Å². The molecule has 22 heavy (non-hydrogen) atoms. The lowest BCUT2D eigenvalue weighted by molar-refractivity contribution is -0.821. The van der Waals surface area contributed by atoms with E-state index in [1.165, 1.54) is 0 Å². The van der Waals surface area contributed by atoms with Crippen molar-refractivity contribution in [2.24, 2.45) is 0 Å². The summed E-state index contributed by atoms with van der Waals surface area (Å²) in [5.41, 5.74) is 0. The van der Waals surface area contributed by atoms with Gasteiger partial charge in [0.15, 0.2) is 24.6 Å². The van der Waals surface area contributed by atoms with E-state index in [1.54, 1.807) is 0 Å². The number of carbonyl (C=O) groups is 1. The summed E-state index contributed by atoms with van der Waals surface area (Å²) in [5, 5.41) is 34.7. The highest BCUT2D eigenvalue weighted by Gasteiger charge is 2.39. The zero-order chi connectivity index (χ0) is 17.3. The molecule has 0 heterocycles. The van der Waals surface area contributed by atoms with Gasteiger partial charge in [-0.3, -0.25) is 0 Å². The minimum atomic E-state index is -2.39. The highest BCUT2D eigenvalue weighted by atomic mass is 17.0. The predicted molar refractivity (Wildman–Crippen MR) is 54.6 cm³/mol. The van der Waals surface area contributed by atoms with Crippen LogP contribution in [0.4, 0.5) is 0 Å². The van der Waals surface area contributed by atoms with Crippen molar-refractivity contribution in [1.82, 2.24) is 0 Å². The fourth-order valence-electron chi connectivity index (χ4n) is 1.13. The number of rotatable bonds is 12. The Labute approximate surface area is 117 Å². The highest BCUT2D eigenvalue weighted by molar-refractivity contribution is 5.57. The number of nitrogens with zero attached hydrogens (tertiary/aromatic N) is 4. The Morgan fingerprint density at radius 2 is 1.32 bits per heavy atom. The van der Waals surface area contributed by atoms with Crippen LogP contribution >= 0.6 is 0 Å². The van der Waals surface area contributed by atoms with Crippen LogP contribution in [-0.2, 0) is 24.1 Å². The molecule has 0 aromatic rings. The van der Waals surface area contributed by atoms with Crippen LogP contribution in [0.25, 0.3) is 0 Å². The first-order valence-corrected chi connectivity index (χ1v) is 4.83. The minimum absolute atomic E-state index is 0.348. The largest absolute Gasteiger partial charge is 0.311 e. The van der Waals surface area contributed by atoms with Crippen LogP contribution in [0.15, 0.2) is 0 Å². The second-order valence-electron chi connectivity index (χ2n) is 3.11. The molecule has 0 rings (SSSR count). The average Bonchev–Trinajstić information content (AvgIpc) is 2.37. The summed E-state index contributed by atoms with van der Waals surface area (Å²) in [6, 6.07) is 0. The summed E-state index contributed by atoms with van der Waals surface area (Å²) in [6.07, 6.45) is -7.33. The van der Waals surface area contributed by atoms with E-state index in [2.05, 4.69) is 19.4 Å². The Bertz CT molecular complexity index is 452. The minimum Gasteiger partial charge on any atom is -0.311 e. The first kappa shape index (κ1) is 18.5. The molecule has 0 saturated heterocycles. The van der Waals surface area contributed by atoms with E-state index >= 15 is 0 Å². The maximum absolute atomic E-state index is 10.7. The van der Waals surface area contributed by atoms with Crippen molar-refractivity contribution in [1.29, 1.82) is 0 Å². The molecule has 0 saturated carbocycles. The molecule has 0 unspecified atom stereocenters. The molecule has 0 N–H and O–H groups in total. The Balaban J connectivity index is 5.35. The van der Waals surface area contributed by atoms with E-state index in [-0.39, 0.29) is 6.29 Å². The predicted octanol–water partition coefficient (Wildman–Crippen LogP) is -1.88. The molecule has 0 amide bonds. The van der Waals surface area contributed by atoms with Crippen LogP contribution in [0.2, 0.25) is 0 Å². The monoisotopic (exact) mass is 330 g/mol. The SMILES string of the molecule is O=C[C@@H](O[N+](=O)[O-])[C@H](O[N+](=O)[O-])[C@@H](CO[N+](=O)[O-])O[N+](=O)[O-]. The van der Waals surface area contributed by atoms with Gasteiger partial charge in [-0.05, 0) is 0 Å². The third kappa shape index (κ3) is 7.16. The fraction of sp³-hybridized carbons (Fsp3) is 0.800. The molecule has 0 fully saturated rings. The van der Waals surface area contributed by atoms with Crippen molar-refractivity contribution in [3.8, 4) is 0 Å². The van der Waals surface area contributed by atoms with Crippen molar-refractivity contribution >= 4 is 6.29 Å². The van der Waals surface area contributed by atoms with E-state index in [1.807, 2.05) is 0 Å². The van der Waals surface area contributed by atoms with Gasteiger partial charge in [0.1, 0.15) is 6.61 Å². The average molecular weight is 330 g/mol. The van der Waals surface area contributed by atoms with Gasteiger partial charge in [0.25, 0.3) is 20.3 Å². The van der Waals surface area contributed by atoms with Gasteiger partial charge in [-0.1, -0.05) is 0 Å². The molecule has 17 nitrogen and oxygen atoms in total. The molecule has 124 valence electrons. The molecular weight excluding hydrogens is 324 g/mol. The summed E-state index contributed by atoms with van der Waals surface area (Å²) in [6.45, 7) is -1.31. The van der Waals surface area contributed by atoms with E-state index in [4.69, 9.17) is 0 Å². The number of carbonyl (C=O) groups excluding carboxylic acids is 1. The van der Waals surface area contributed by atoms with Gasteiger partial charge in [0, 0.05) is 0 Å². The van der Waals surface area contributed by atoms with E-state index in [0.29, 0.717) is 0 Å². The Kier molecular flexibility index (Phi) is 7.22. The standard InChI is InChI=1S/C5H6N4O13/c10-1-3(20-7(13)14)5(22-9(17)18)4(21-8(15)16)2-19-6(11)12/h1,3-5H,2H2/t3-,4-,5+/m1/s1. The number of hydrogen-bond donors (Lipinski definition) is 0. The second-order valence-corrected chi connectivity index (χ2v) is 3.11. The molecule has 0 spiro atoms. The molecule has 0 aromatic heterocycles. The van der Waals surface area contributed by atoms with Crippen molar-refractivity contribution in [3.05, 3.63) is 40.5 Å². The third-order valence-corrected chi connectivity index (χ3v) is 1.81. The lowest BCUT2D eigenvalue weighted by Gasteiger charge is -2.25. The van der Waals surface area contributed by atoms with Crippen molar-refractivity contribution in [3.63, 3.8) is 0 Å². The van der Waals surface area contributed by atoms with Gasteiger partial charge in [-0.2, -0.15) is 0 Å². The van der Waals surface area contributed by atoms with Crippen LogP contribution < -0.4 is 0 Å².